The maximum atomic E-state index is 10.0. The first-order valence-electron chi connectivity index (χ1n) is 7.21. The Labute approximate surface area is 150 Å². The molecule has 0 amide bonds. The van der Waals surface area contributed by atoms with Gasteiger partial charge in [-0.1, -0.05) is 6.08 Å². The van der Waals surface area contributed by atoms with E-state index in [2.05, 4.69) is 16.8 Å². The molecule has 0 bridgehead atoms. The first-order chi connectivity index (χ1) is 10.2. The Bertz CT molecular complexity index is 469. The summed E-state index contributed by atoms with van der Waals surface area (Å²) in [7, 11) is 3.09. The summed E-state index contributed by atoms with van der Waals surface area (Å²) in [5.74, 6) is 0.920. The molecule has 2 rings (SSSR count). The van der Waals surface area contributed by atoms with Gasteiger partial charge in [-0.3, -0.25) is 4.90 Å². The molecule has 0 radical (unpaired) electrons. The minimum atomic E-state index is 0. The predicted molar refractivity (Wildman–Crippen MR) is 97.7 cm³/mol. The minimum Gasteiger partial charge on any atom is -0.502 e. The van der Waals surface area contributed by atoms with Crippen LogP contribution in [-0.2, 0) is 0 Å². The number of hydrogen-bond acceptors (Lipinski definition) is 5. The standard InChI is InChI=1S/C16H24N2O3.2ClH/c1-4-5-13(18-8-6-17-7-9-18)12-10-14(20-2)16(19)15(11-12)21-3;;/h4,10-11,13,17,19H,1,5-9H2,2-3H3;2*1H/t13-;;/m0../s1. The first kappa shape index (κ1) is 21.9. The zero-order chi connectivity index (χ0) is 15.2. The number of halogens is 2. The van der Waals surface area contributed by atoms with Crippen LogP contribution in [0.3, 0.4) is 0 Å². The molecular weight excluding hydrogens is 339 g/mol. The quantitative estimate of drug-likeness (QED) is 0.760. The lowest BCUT2D eigenvalue weighted by atomic mass is 10.00. The Morgan fingerprint density at radius 3 is 2.17 bits per heavy atom. The van der Waals surface area contributed by atoms with Gasteiger partial charge in [0.1, 0.15) is 0 Å². The number of phenols is 1. The molecule has 0 aromatic heterocycles. The van der Waals surface area contributed by atoms with Gasteiger partial charge in [0.2, 0.25) is 5.75 Å². The predicted octanol–water partition coefficient (Wildman–Crippen LogP) is 2.78. The van der Waals surface area contributed by atoms with Crippen LogP contribution in [0, 0.1) is 0 Å². The molecule has 2 N–H and O–H groups in total. The third-order valence-electron chi connectivity index (χ3n) is 3.87. The second-order valence-corrected chi connectivity index (χ2v) is 5.10. The molecule has 1 aromatic rings. The number of nitrogens with zero attached hydrogens (tertiary/aromatic N) is 1. The fourth-order valence-corrected chi connectivity index (χ4v) is 2.75. The summed E-state index contributed by atoms with van der Waals surface area (Å²) in [5, 5.41) is 13.4. The molecule has 1 heterocycles. The number of nitrogens with one attached hydrogen (secondary N) is 1. The van der Waals surface area contributed by atoms with E-state index in [9.17, 15) is 5.11 Å². The van der Waals surface area contributed by atoms with E-state index in [-0.39, 0.29) is 36.6 Å². The van der Waals surface area contributed by atoms with Crippen LogP contribution in [0.2, 0.25) is 0 Å². The van der Waals surface area contributed by atoms with Crippen LogP contribution in [0.5, 0.6) is 17.2 Å². The lowest BCUT2D eigenvalue weighted by molar-refractivity contribution is 0.174. The summed E-state index contributed by atoms with van der Waals surface area (Å²) in [6.45, 7) is 7.82. The normalized spacial score (nSPS) is 15.7. The molecule has 1 saturated heterocycles. The summed E-state index contributed by atoms with van der Waals surface area (Å²) in [4.78, 5) is 2.42. The van der Waals surface area contributed by atoms with Crippen molar-refractivity contribution in [2.75, 3.05) is 40.4 Å². The Morgan fingerprint density at radius 2 is 1.74 bits per heavy atom. The number of piperazine rings is 1. The van der Waals surface area contributed by atoms with Gasteiger partial charge in [0.25, 0.3) is 0 Å². The van der Waals surface area contributed by atoms with Crippen LogP contribution >= 0.6 is 24.8 Å². The average Bonchev–Trinajstić information content (AvgIpc) is 2.54. The number of hydrogen-bond donors (Lipinski definition) is 2. The fraction of sp³-hybridized carbons (Fsp3) is 0.500. The fourth-order valence-electron chi connectivity index (χ4n) is 2.75. The highest BCUT2D eigenvalue weighted by Crippen LogP contribution is 2.40. The van der Waals surface area contributed by atoms with Crippen LogP contribution in [0.1, 0.15) is 18.0 Å². The lowest BCUT2D eigenvalue weighted by Crippen LogP contribution is -2.45. The molecule has 1 fully saturated rings. The molecule has 0 aliphatic carbocycles. The summed E-state index contributed by atoms with van der Waals surface area (Å²) < 4.78 is 10.5. The highest BCUT2D eigenvalue weighted by Gasteiger charge is 2.23. The van der Waals surface area contributed by atoms with E-state index in [1.807, 2.05) is 18.2 Å². The molecule has 0 saturated carbocycles. The van der Waals surface area contributed by atoms with Crippen LogP contribution in [-0.4, -0.2) is 50.4 Å². The number of aromatic hydroxyl groups is 1. The van der Waals surface area contributed by atoms with Crippen molar-refractivity contribution in [3.8, 4) is 17.2 Å². The summed E-state index contributed by atoms with van der Waals surface area (Å²) in [6, 6.07) is 3.98. The van der Waals surface area contributed by atoms with Crippen molar-refractivity contribution < 1.29 is 14.6 Å². The second kappa shape index (κ2) is 10.6. The Morgan fingerprint density at radius 1 is 1.22 bits per heavy atom. The summed E-state index contributed by atoms with van der Waals surface area (Å²) >= 11 is 0. The molecule has 5 nitrogen and oxygen atoms in total. The van der Waals surface area contributed by atoms with Crippen LogP contribution < -0.4 is 14.8 Å². The number of phenolic OH excluding ortho intramolecular Hbond substituents is 1. The van der Waals surface area contributed by atoms with E-state index in [0.29, 0.717) is 11.5 Å². The molecule has 23 heavy (non-hydrogen) atoms. The molecule has 0 spiro atoms. The minimum absolute atomic E-state index is 0. The molecule has 132 valence electrons. The largest absolute Gasteiger partial charge is 0.502 e. The molecule has 1 aromatic carbocycles. The van der Waals surface area contributed by atoms with Crippen LogP contribution in [0.15, 0.2) is 24.8 Å². The Balaban J connectivity index is 0.00000242. The second-order valence-electron chi connectivity index (χ2n) is 5.10. The van der Waals surface area contributed by atoms with Crippen molar-refractivity contribution in [3.63, 3.8) is 0 Å². The van der Waals surface area contributed by atoms with Gasteiger partial charge in [0.15, 0.2) is 11.5 Å². The lowest BCUT2D eigenvalue weighted by Gasteiger charge is -2.35. The van der Waals surface area contributed by atoms with Gasteiger partial charge in [-0.2, -0.15) is 0 Å². The topological polar surface area (TPSA) is 54.0 Å². The monoisotopic (exact) mass is 364 g/mol. The highest BCUT2D eigenvalue weighted by molar-refractivity contribution is 5.85. The molecule has 1 aliphatic rings. The summed E-state index contributed by atoms with van der Waals surface area (Å²) in [6.07, 6.45) is 2.77. The SMILES string of the molecule is C=CC[C@@H](c1cc(OC)c(O)c(OC)c1)N1CCNCC1.Cl.Cl. The zero-order valence-corrected chi connectivity index (χ0v) is 15.2. The zero-order valence-electron chi connectivity index (χ0n) is 13.6. The van der Waals surface area contributed by atoms with Gasteiger partial charge < -0.3 is 19.9 Å². The Kier molecular flexibility index (Phi) is 10.1. The van der Waals surface area contributed by atoms with E-state index in [4.69, 9.17) is 9.47 Å². The smallest absolute Gasteiger partial charge is 0.200 e. The van der Waals surface area contributed by atoms with Gasteiger partial charge in [0, 0.05) is 32.2 Å². The van der Waals surface area contributed by atoms with Gasteiger partial charge in [-0.05, 0) is 24.1 Å². The third kappa shape index (κ3) is 5.18. The average molecular weight is 365 g/mol. The number of benzene rings is 1. The molecule has 0 unspecified atom stereocenters. The van der Waals surface area contributed by atoms with Crippen LogP contribution in [0.25, 0.3) is 0 Å². The van der Waals surface area contributed by atoms with Crippen LogP contribution in [0.4, 0.5) is 0 Å². The van der Waals surface area contributed by atoms with Gasteiger partial charge in [-0.25, -0.2) is 0 Å². The molecular formula is C16H26Cl2N2O3. The van der Waals surface area contributed by atoms with Crippen molar-refractivity contribution in [1.82, 2.24) is 10.2 Å². The molecule has 1 aliphatic heterocycles. The van der Waals surface area contributed by atoms with E-state index >= 15 is 0 Å². The highest BCUT2D eigenvalue weighted by atomic mass is 35.5. The maximum absolute atomic E-state index is 10.0. The van der Waals surface area contributed by atoms with E-state index in [1.165, 1.54) is 0 Å². The maximum Gasteiger partial charge on any atom is 0.200 e. The number of methoxy groups -OCH3 is 2. The van der Waals surface area contributed by atoms with E-state index < -0.39 is 0 Å². The van der Waals surface area contributed by atoms with Crippen molar-refractivity contribution >= 4 is 24.8 Å². The van der Waals surface area contributed by atoms with Crippen molar-refractivity contribution in [1.29, 1.82) is 0 Å². The number of rotatable bonds is 6. The van der Waals surface area contributed by atoms with Crippen molar-refractivity contribution in [2.45, 2.75) is 12.5 Å². The van der Waals surface area contributed by atoms with Gasteiger partial charge >= 0.3 is 0 Å². The van der Waals surface area contributed by atoms with E-state index in [0.717, 1.165) is 38.2 Å². The van der Waals surface area contributed by atoms with Gasteiger partial charge in [0.05, 0.1) is 14.2 Å². The first-order valence-corrected chi connectivity index (χ1v) is 7.21. The molecule has 7 heteroatoms. The third-order valence-corrected chi connectivity index (χ3v) is 3.87. The van der Waals surface area contributed by atoms with E-state index in [1.54, 1.807) is 14.2 Å². The van der Waals surface area contributed by atoms with Gasteiger partial charge in [-0.15, -0.1) is 31.4 Å². The van der Waals surface area contributed by atoms with Crippen molar-refractivity contribution in [3.05, 3.63) is 30.4 Å². The van der Waals surface area contributed by atoms with Crippen molar-refractivity contribution in [2.24, 2.45) is 0 Å². The Hall–Kier alpha value is -1.14. The molecule has 1 atom stereocenters. The number of ether oxygens (including phenoxy) is 2. The summed E-state index contributed by atoms with van der Waals surface area (Å²) in [5.41, 5.74) is 1.07.